The predicted octanol–water partition coefficient (Wildman–Crippen LogP) is 5.69. The molecule has 0 unspecified atom stereocenters. The number of nitrogens with zero attached hydrogens (tertiary/aromatic N) is 1. The minimum atomic E-state index is -0.348. The van der Waals surface area contributed by atoms with E-state index in [0.29, 0.717) is 28.4 Å². The summed E-state index contributed by atoms with van der Waals surface area (Å²) in [6, 6.07) is 4.15. The molecule has 1 N–H and O–H groups in total. The van der Waals surface area contributed by atoms with Crippen LogP contribution in [-0.2, 0) is 19.3 Å². The first-order valence-electron chi connectivity index (χ1n) is 9.41. The van der Waals surface area contributed by atoms with Gasteiger partial charge in [0.05, 0.1) is 5.02 Å². The first kappa shape index (κ1) is 22.7. The Kier molecular flexibility index (Phi) is 7.89. The number of nitrogens with one attached hydrogen (secondary N) is 1. The van der Waals surface area contributed by atoms with Crippen LogP contribution in [0.2, 0.25) is 5.02 Å². The Morgan fingerprint density at radius 2 is 1.79 bits per heavy atom. The molecule has 1 amide bonds. The molecule has 0 fully saturated rings. The first-order valence-corrected chi connectivity index (χ1v) is 10.9. The number of amides is 1. The summed E-state index contributed by atoms with van der Waals surface area (Å²) in [4.78, 5) is 13.2. The fourth-order valence-corrected chi connectivity index (χ4v) is 4.49. The van der Waals surface area contributed by atoms with Crippen molar-refractivity contribution in [2.45, 2.75) is 53.9 Å². The Bertz CT molecular complexity index is 914. The molecule has 0 aliphatic carbocycles. The van der Waals surface area contributed by atoms with Crippen LogP contribution in [0.4, 0.5) is 5.69 Å². The van der Waals surface area contributed by atoms with Crippen molar-refractivity contribution in [3.8, 4) is 0 Å². The van der Waals surface area contributed by atoms with Gasteiger partial charge in [0.15, 0.2) is 5.69 Å². The van der Waals surface area contributed by atoms with Crippen LogP contribution in [0.25, 0.3) is 0 Å². The molecule has 0 saturated heterocycles. The number of carbonyl (C=O) groups excluding carboxylic acids is 1. The number of aromatic nitrogens is 1. The predicted molar refractivity (Wildman–Crippen MR) is 124 cm³/mol. The molecule has 0 atom stereocenters. The van der Waals surface area contributed by atoms with E-state index in [1.807, 2.05) is 19.1 Å². The molecular weight excluding hydrogens is 487 g/mol. The minimum Gasteiger partial charge on any atom is -0.618 e. The van der Waals surface area contributed by atoms with Gasteiger partial charge in [-0.25, -0.2) is 0 Å². The molecule has 1 aromatic carbocycles. The largest absolute Gasteiger partial charge is 0.618 e. The molecule has 150 valence electrons. The maximum atomic E-state index is 13.2. The summed E-state index contributed by atoms with van der Waals surface area (Å²) in [7, 11) is 0. The number of rotatable bonds is 6. The summed E-state index contributed by atoms with van der Waals surface area (Å²) >= 11 is 8.90. The summed E-state index contributed by atoms with van der Waals surface area (Å²) in [6.45, 7) is 9.40. The summed E-state index contributed by atoms with van der Waals surface area (Å²) in [5.41, 5.74) is 4.72. The minimum absolute atomic E-state index is 0.240. The van der Waals surface area contributed by atoms with Crippen molar-refractivity contribution in [3.63, 3.8) is 0 Å². The third kappa shape index (κ3) is 4.51. The van der Waals surface area contributed by atoms with Crippen LogP contribution in [0, 0.1) is 22.6 Å². The van der Waals surface area contributed by atoms with Gasteiger partial charge in [0.1, 0.15) is 5.56 Å². The standard InChI is InChI=1S/C22H26ClIN2O2/c1-6-9-10-18-13(4)26(28)14(5)19(20(18)23)22(27)25-21-15(7-2)11-17(24)12-16(21)8-3/h6,9,11-12H,7-8,10H2,1-5H3,(H,25,27)/b9-6+. The SMILES string of the molecule is C/C=C/Cc1c(Cl)c(C(=O)Nc2c(CC)cc(I)cc2CC)c(C)[n+]([O-])c1C. The molecule has 2 aromatic rings. The van der Waals surface area contributed by atoms with Crippen LogP contribution in [0.15, 0.2) is 24.3 Å². The van der Waals surface area contributed by atoms with Gasteiger partial charge in [-0.15, -0.1) is 0 Å². The fourth-order valence-electron chi connectivity index (χ4n) is 3.30. The van der Waals surface area contributed by atoms with E-state index in [0.717, 1.165) is 38.0 Å². The molecule has 0 saturated carbocycles. The van der Waals surface area contributed by atoms with Gasteiger partial charge in [-0.1, -0.05) is 37.6 Å². The summed E-state index contributed by atoms with van der Waals surface area (Å²) in [5.74, 6) is -0.348. The summed E-state index contributed by atoms with van der Waals surface area (Å²) in [6.07, 6.45) is 5.93. The highest BCUT2D eigenvalue weighted by Gasteiger charge is 2.27. The molecular formula is C22H26ClIN2O2. The number of allylic oxidation sites excluding steroid dienone is 2. The maximum absolute atomic E-state index is 13.2. The van der Waals surface area contributed by atoms with E-state index in [-0.39, 0.29) is 11.5 Å². The van der Waals surface area contributed by atoms with Crippen LogP contribution in [0.1, 0.15) is 59.2 Å². The number of aryl methyl sites for hydroxylation is 2. The van der Waals surface area contributed by atoms with E-state index in [1.165, 1.54) is 0 Å². The molecule has 0 bridgehead atoms. The van der Waals surface area contributed by atoms with Crippen LogP contribution in [0.3, 0.4) is 0 Å². The summed E-state index contributed by atoms with van der Waals surface area (Å²) in [5, 5.41) is 16.0. The topological polar surface area (TPSA) is 56.0 Å². The molecule has 2 rings (SSSR count). The third-order valence-electron chi connectivity index (χ3n) is 4.94. The van der Waals surface area contributed by atoms with Gasteiger partial charge in [-0.05, 0) is 72.0 Å². The van der Waals surface area contributed by atoms with Gasteiger partial charge in [-0.3, -0.25) is 4.79 Å². The first-order chi connectivity index (χ1) is 13.3. The van der Waals surface area contributed by atoms with Gasteiger partial charge < -0.3 is 10.5 Å². The molecule has 4 nitrogen and oxygen atoms in total. The zero-order valence-electron chi connectivity index (χ0n) is 17.0. The van der Waals surface area contributed by atoms with Crippen molar-refractivity contribution in [2.75, 3.05) is 5.32 Å². The average molecular weight is 513 g/mol. The number of halogens is 2. The van der Waals surface area contributed by atoms with Gasteiger partial charge in [0, 0.05) is 28.7 Å². The Balaban J connectivity index is 2.58. The average Bonchev–Trinajstić information content (AvgIpc) is 2.67. The number of hydrogen-bond acceptors (Lipinski definition) is 2. The van der Waals surface area contributed by atoms with E-state index >= 15 is 0 Å². The van der Waals surface area contributed by atoms with Gasteiger partial charge in [0.2, 0.25) is 5.69 Å². The van der Waals surface area contributed by atoms with Crippen LogP contribution < -0.4 is 10.0 Å². The number of anilines is 1. The van der Waals surface area contributed by atoms with Crippen molar-refractivity contribution in [2.24, 2.45) is 0 Å². The fraction of sp³-hybridized carbons (Fsp3) is 0.364. The summed E-state index contributed by atoms with van der Waals surface area (Å²) < 4.78 is 1.94. The number of benzene rings is 1. The molecule has 28 heavy (non-hydrogen) atoms. The van der Waals surface area contributed by atoms with Crippen LogP contribution in [0.5, 0.6) is 0 Å². The number of hydrogen-bond donors (Lipinski definition) is 1. The highest BCUT2D eigenvalue weighted by Crippen LogP contribution is 2.30. The lowest BCUT2D eigenvalue weighted by Crippen LogP contribution is -2.38. The van der Waals surface area contributed by atoms with E-state index < -0.39 is 0 Å². The van der Waals surface area contributed by atoms with Crippen molar-refractivity contribution < 1.29 is 9.52 Å². The highest BCUT2D eigenvalue weighted by atomic mass is 127. The van der Waals surface area contributed by atoms with Crippen molar-refractivity contribution in [1.29, 1.82) is 0 Å². The monoisotopic (exact) mass is 512 g/mol. The second-order valence-electron chi connectivity index (χ2n) is 6.67. The number of carbonyl (C=O) groups is 1. The Morgan fingerprint density at radius 3 is 2.29 bits per heavy atom. The Labute approximate surface area is 185 Å². The van der Waals surface area contributed by atoms with E-state index in [4.69, 9.17) is 11.6 Å². The van der Waals surface area contributed by atoms with Crippen LogP contribution >= 0.6 is 34.2 Å². The zero-order chi connectivity index (χ0) is 21.0. The molecule has 1 heterocycles. The Morgan fingerprint density at radius 1 is 1.21 bits per heavy atom. The molecule has 0 aliphatic rings. The quantitative estimate of drug-likeness (QED) is 0.234. The molecule has 1 aromatic heterocycles. The van der Waals surface area contributed by atoms with E-state index in [9.17, 15) is 10.0 Å². The van der Waals surface area contributed by atoms with E-state index in [2.05, 4.69) is 53.9 Å². The second-order valence-corrected chi connectivity index (χ2v) is 8.29. The lowest BCUT2D eigenvalue weighted by Gasteiger charge is -2.18. The molecule has 0 spiro atoms. The Hall–Kier alpha value is -1.60. The second kappa shape index (κ2) is 9.74. The lowest BCUT2D eigenvalue weighted by atomic mass is 10.0. The molecule has 6 heteroatoms. The third-order valence-corrected chi connectivity index (χ3v) is 5.98. The zero-order valence-corrected chi connectivity index (χ0v) is 19.9. The normalized spacial score (nSPS) is 11.2. The lowest BCUT2D eigenvalue weighted by molar-refractivity contribution is -0.619. The molecule has 0 aliphatic heterocycles. The van der Waals surface area contributed by atoms with Gasteiger partial charge in [-0.2, -0.15) is 4.73 Å². The van der Waals surface area contributed by atoms with Gasteiger partial charge in [0.25, 0.3) is 5.91 Å². The maximum Gasteiger partial charge on any atom is 0.263 e. The van der Waals surface area contributed by atoms with Crippen LogP contribution in [-0.4, -0.2) is 5.91 Å². The van der Waals surface area contributed by atoms with Crippen molar-refractivity contribution in [1.82, 2.24) is 0 Å². The smallest absolute Gasteiger partial charge is 0.263 e. The highest BCUT2D eigenvalue weighted by molar-refractivity contribution is 14.1. The number of pyridine rings is 1. The van der Waals surface area contributed by atoms with Crippen molar-refractivity contribution >= 4 is 45.8 Å². The van der Waals surface area contributed by atoms with Gasteiger partial charge >= 0.3 is 0 Å². The molecule has 0 radical (unpaired) electrons. The van der Waals surface area contributed by atoms with Crippen molar-refractivity contribution in [3.05, 3.63) is 71.7 Å². The van der Waals surface area contributed by atoms with E-state index in [1.54, 1.807) is 13.8 Å².